The summed E-state index contributed by atoms with van der Waals surface area (Å²) in [5, 5.41) is 3.22. The Morgan fingerprint density at radius 3 is 3.00 bits per heavy atom. The molecule has 0 saturated carbocycles. The molecule has 1 unspecified atom stereocenters. The molecule has 0 bridgehead atoms. The standard InChI is InChI=1S/C9H15N3O2S/c1-7-10-4-9(12-7)5-11-8-2-3-15(13,14)6-8/h4,8,11H,2-3,5-6H2,1H3,(H,10,12). The topological polar surface area (TPSA) is 74.8 Å². The summed E-state index contributed by atoms with van der Waals surface area (Å²) in [6, 6.07) is 0.0959. The molecule has 2 N–H and O–H groups in total. The summed E-state index contributed by atoms with van der Waals surface area (Å²) in [5.41, 5.74) is 0.997. The minimum atomic E-state index is -2.78. The van der Waals surface area contributed by atoms with Gasteiger partial charge in [-0.1, -0.05) is 0 Å². The molecule has 0 aliphatic carbocycles. The molecule has 1 aliphatic heterocycles. The number of hydrogen-bond acceptors (Lipinski definition) is 4. The maximum absolute atomic E-state index is 11.2. The Hall–Kier alpha value is -0.880. The van der Waals surface area contributed by atoms with Crippen LogP contribution in [0.1, 0.15) is 17.9 Å². The molecule has 84 valence electrons. The molecule has 0 spiro atoms. The minimum Gasteiger partial charge on any atom is -0.345 e. The highest BCUT2D eigenvalue weighted by Crippen LogP contribution is 2.11. The first-order valence-electron chi connectivity index (χ1n) is 4.99. The van der Waals surface area contributed by atoms with Crippen molar-refractivity contribution in [1.82, 2.24) is 15.3 Å². The Labute approximate surface area is 89.2 Å². The van der Waals surface area contributed by atoms with E-state index in [0.717, 1.165) is 17.9 Å². The second-order valence-corrected chi connectivity index (χ2v) is 6.20. The largest absolute Gasteiger partial charge is 0.345 e. The Balaban J connectivity index is 1.85. The maximum atomic E-state index is 11.2. The number of nitrogens with zero attached hydrogens (tertiary/aromatic N) is 1. The molecule has 15 heavy (non-hydrogen) atoms. The summed E-state index contributed by atoms with van der Waals surface area (Å²) < 4.78 is 22.4. The second kappa shape index (κ2) is 3.94. The van der Waals surface area contributed by atoms with Gasteiger partial charge in [0.05, 0.1) is 11.5 Å². The van der Waals surface area contributed by atoms with E-state index in [1.807, 2.05) is 6.92 Å². The van der Waals surface area contributed by atoms with Crippen molar-refractivity contribution in [2.24, 2.45) is 0 Å². The van der Waals surface area contributed by atoms with Gasteiger partial charge in [-0.25, -0.2) is 13.4 Å². The summed E-state index contributed by atoms with van der Waals surface area (Å²) in [6.07, 6.45) is 2.49. The zero-order valence-electron chi connectivity index (χ0n) is 8.66. The third kappa shape index (κ3) is 2.79. The van der Waals surface area contributed by atoms with E-state index in [-0.39, 0.29) is 11.8 Å². The second-order valence-electron chi connectivity index (χ2n) is 3.97. The van der Waals surface area contributed by atoms with Crippen molar-refractivity contribution in [2.45, 2.75) is 25.9 Å². The normalized spacial score (nSPS) is 24.5. The number of rotatable bonds is 3. The highest BCUT2D eigenvalue weighted by atomic mass is 32.2. The van der Waals surface area contributed by atoms with Crippen molar-refractivity contribution in [3.63, 3.8) is 0 Å². The fraction of sp³-hybridized carbons (Fsp3) is 0.667. The van der Waals surface area contributed by atoms with E-state index >= 15 is 0 Å². The van der Waals surface area contributed by atoms with Gasteiger partial charge in [0, 0.05) is 24.5 Å². The summed E-state index contributed by atoms with van der Waals surface area (Å²) in [4.78, 5) is 7.17. The van der Waals surface area contributed by atoms with Crippen LogP contribution in [0.25, 0.3) is 0 Å². The number of hydrogen-bond donors (Lipinski definition) is 2. The third-order valence-corrected chi connectivity index (χ3v) is 4.34. The van der Waals surface area contributed by atoms with Gasteiger partial charge < -0.3 is 10.3 Å². The fourth-order valence-electron chi connectivity index (χ4n) is 1.77. The van der Waals surface area contributed by atoms with Crippen LogP contribution in [-0.2, 0) is 16.4 Å². The van der Waals surface area contributed by atoms with Gasteiger partial charge in [-0.2, -0.15) is 0 Å². The maximum Gasteiger partial charge on any atom is 0.151 e. The van der Waals surface area contributed by atoms with Gasteiger partial charge in [0.1, 0.15) is 5.82 Å². The van der Waals surface area contributed by atoms with E-state index in [1.165, 1.54) is 0 Å². The molecule has 1 saturated heterocycles. The molecule has 1 aliphatic rings. The van der Waals surface area contributed by atoms with Crippen LogP contribution in [0.4, 0.5) is 0 Å². The van der Waals surface area contributed by atoms with E-state index in [0.29, 0.717) is 12.3 Å². The molecule has 0 amide bonds. The zero-order chi connectivity index (χ0) is 10.9. The van der Waals surface area contributed by atoms with E-state index in [4.69, 9.17) is 0 Å². The van der Waals surface area contributed by atoms with E-state index in [1.54, 1.807) is 6.20 Å². The number of imidazole rings is 1. The molecule has 2 heterocycles. The van der Waals surface area contributed by atoms with Crippen LogP contribution in [0.3, 0.4) is 0 Å². The molecular weight excluding hydrogens is 214 g/mol. The van der Waals surface area contributed by atoms with Crippen molar-refractivity contribution in [3.8, 4) is 0 Å². The van der Waals surface area contributed by atoms with Gasteiger partial charge in [0.15, 0.2) is 9.84 Å². The number of nitrogens with one attached hydrogen (secondary N) is 2. The van der Waals surface area contributed by atoms with Crippen molar-refractivity contribution in [1.29, 1.82) is 0 Å². The molecule has 1 aromatic heterocycles. The lowest BCUT2D eigenvalue weighted by atomic mass is 10.2. The fourth-order valence-corrected chi connectivity index (χ4v) is 3.48. The molecule has 1 aromatic rings. The van der Waals surface area contributed by atoms with Crippen LogP contribution in [0.5, 0.6) is 0 Å². The first-order valence-corrected chi connectivity index (χ1v) is 6.81. The Bertz CT molecular complexity index is 438. The molecule has 1 atom stereocenters. The lowest BCUT2D eigenvalue weighted by molar-refractivity contribution is 0.549. The number of aromatic nitrogens is 2. The molecule has 5 nitrogen and oxygen atoms in total. The Kier molecular flexibility index (Phi) is 2.79. The molecular formula is C9H15N3O2S. The third-order valence-electron chi connectivity index (χ3n) is 2.57. The average molecular weight is 229 g/mol. The van der Waals surface area contributed by atoms with Crippen LogP contribution in [0.15, 0.2) is 6.20 Å². The highest BCUT2D eigenvalue weighted by Gasteiger charge is 2.27. The van der Waals surface area contributed by atoms with Gasteiger partial charge in [-0.15, -0.1) is 0 Å². The number of sulfone groups is 1. The number of H-pyrrole nitrogens is 1. The molecule has 6 heteroatoms. The lowest BCUT2D eigenvalue weighted by Crippen LogP contribution is -2.29. The predicted molar refractivity (Wildman–Crippen MR) is 57.2 cm³/mol. The van der Waals surface area contributed by atoms with Crippen LogP contribution >= 0.6 is 0 Å². The molecule has 0 aromatic carbocycles. The van der Waals surface area contributed by atoms with Gasteiger partial charge in [-0.05, 0) is 13.3 Å². The molecule has 0 radical (unpaired) electrons. The van der Waals surface area contributed by atoms with Crippen molar-refractivity contribution >= 4 is 9.84 Å². The monoisotopic (exact) mass is 229 g/mol. The van der Waals surface area contributed by atoms with Crippen molar-refractivity contribution in [2.75, 3.05) is 11.5 Å². The van der Waals surface area contributed by atoms with Gasteiger partial charge in [0.2, 0.25) is 0 Å². The zero-order valence-corrected chi connectivity index (χ0v) is 9.47. The van der Waals surface area contributed by atoms with E-state index < -0.39 is 9.84 Å². The summed E-state index contributed by atoms with van der Waals surface area (Å²) in [6.45, 7) is 2.55. The van der Waals surface area contributed by atoms with Crippen LogP contribution in [0, 0.1) is 6.92 Å². The lowest BCUT2D eigenvalue weighted by Gasteiger charge is -2.08. The summed E-state index contributed by atoms with van der Waals surface area (Å²) in [7, 11) is -2.78. The summed E-state index contributed by atoms with van der Waals surface area (Å²) >= 11 is 0. The first kappa shape index (κ1) is 10.6. The number of aryl methyl sites for hydroxylation is 1. The van der Waals surface area contributed by atoms with Gasteiger partial charge >= 0.3 is 0 Å². The van der Waals surface area contributed by atoms with Gasteiger partial charge in [0.25, 0.3) is 0 Å². The first-order chi connectivity index (χ1) is 7.05. The highest BCUT2D eigenvalue weighted by molar-refractivity contribution is 7.91. The molecule has 2 rings (SSSR count). The van der Waals surface area contributed by atoms with Crippen molar-refractivity contribution in [3.05, 3.63) is 17.7 Å². The predicted octanol–water partition coefficient (Wildman–Crippen LogP) is -0.00518. The van der Waals surface area contributed by atoms with E-state index in [9.17, 15) is 8.42 Å². The Morgan fingerprint density at radius 1 is 1.67 bits per heavy atom. The smallest absolute Gasteiger partial charge is 0.151 e. The quantitative estimate of drug-likeness (QED) is 0.764. The van der Waals surface area contributed by atoms with Gasteiger partial charge in [-0.3, -0.25) is 0 Å². The van der Waals surface area contributed by atoms with Crippen molar-refractivity contribution < 1.29 is 8.42 Å². The van der Waals surface area contributed by atoms with Crippen LogP contribution in [-0.4, -0.2) is 35.9 Å². The SMILES string of the molecule is Cc1ncc(CNC2CCS(=O)(=O)C2)[nH]1. The molecule has 1 fully saturated rings. The summed E-state index contributed by atoms with van der Waals surface area (Å²) in [5.74, 6) is 1.46. The minimum absolute atomic E-state index is 0.0959. The van der Waals surface area contributed by atoms with Crippen LogP contribution < -0.4 is 5.32 Å². The number of aromatic amines is 1. The van der Waals surface area contributed by atoms with E-state index in [2.05, 4.69) is 15.3 Å². The van der Waals surface area contributed by atoms with Crippen LogP contribution in [0.2, 0.25) is 0 Å². The Morgan fingerprint density at radius 2 is 2.47 bits per heavy atom. The average Bonchev–Trinajstić information content (AvgIpc) is 2.69.